The highest BCUT2D eigenvalue weighted by molar-refractivity contribution is 6.00. The summed E-state index contributed by atoms with van der Waals surface area (Å²) in [4.78, 5) is 38.0. The summed E-state index contributed by atoms with van der Waals surface area (Å²) in [7, 11) is 6.32. The summed E-state index contributed by atoms with van der Waals surface area (Å²) in [6.45, 7) is 0. The summed E-state index contributed by atoms with van der Waals surface area (Å²) in [6, 6.07) is 16.2. The number of nitrogens with zero attached hydrogens (tertiary/aromatic N) is 10. The SMILES string of the molecule is CN1N=C(c2cccc(-c3cccc(-c4cccc(-c5nn(C)c(=O)[n+](C)n5)n4)n3)n2)NN(C)C1=O. The largest absolute Gasteiger partial charge is 0.539 e. The maximum atomic E-state index is 11.9. The van der Waals surface area contributed by atoms with Crippen molar-refractivity contribution in [3.63, 3.8) is 0 Å². The van der Waals surface area contributed by atoms with Gasteiger partial charge in [-0.1, -0.05) is 37.8 Å². The van der Waals surface area contributed by atoms with Gasteiger partial charge in [0.05, 0.1) is 22.8 Å². The molecule has 0 saturated heterocycles. The molecule has 0 saturated carbocycles. The molecule has 0 spiro atoms. The molecule has 5 rings (SSSR count). The Morgan fingerprint density at radius 2 is 1.25 bits per heavy atom. The summed E-state index contributed by atoms with van der Waals surface area (Å²) in [5.41, 5.74) is 6.18. The summed E-state index contributed by atoms with van der Waals surface area (Å²) < 4.78 is 2.43. The van der Waals surface area contributed by atoms with E-state index in [1.54, 1.807) is 40.3 Å². The van der Waals surface area contributed by atoms with Gasteiger partial charge in [-0.2, -0.15) is 4.79 Å². The van der Waals surface area contributed by atoms with Crippen LogP contribution in [0.3, 0.4) is 0 Å². The van der Waals surface area contributed by atoms with Gasteiger partial charge in [-0.15, -0.1) is 5.10 Å². The number of carbonyl (C=O) groups excluding carboxylic acids is 1. The maximum absolute atomic E-state index is 11.9. The van der Waals surface area contributed by atoms with E-state index in [0.29, 0.717) is 45.8 Å². The lowest BCUT2D eigenvalue weighted by atomic mass is 10.1. The molecule has 0 bridgehead atoms. The van der Waals surface area contributed by atoms with E-state index in [0.717, 1.165) is 0 Å². The van der Waals surface area contributed by atoms with Crippen LogP contribution in [0.5, 0.6) is 0 Å². The van der Waals surface area contributed by atoms with Crippen molar-refractivity contribution in [3.05, 3.63) is 70.8 Å². The molecule has 0 radical (unpaired) electrons. The van der Waals surface area contributed by atoms with Crippen LogP contribution >= 0.6 is 0 Å². The van der Waals surface area contributed by atoms with Crippen molar-refractivity contribution in [2.24, 2.45) is 19.2 Å². The van der Waals surface area contributed by atoms with Crippen LogP contribution in [0.15, 0.2) is 64.5 Å². The first-order chi connectivity index (χ1) is 17.3. The zero-order chi connectivity index (χ0) is 25.4. The molecule has 2 amide bonds. The van der Waals surface area contributed by atoms with Crippen molar-refractivity contribution < 1.29 is 9.48 Å². The van der Waals surface area contributed by atoms with E-state index in [4.69, 9.17) is 9.97 Å². The predicted octanol–water partition coefficient (Wildman–Crippen LogP) is 0.349. The number of amidine groups is 1. The van der Waals surface area contributed by atoms with Crippen LogP contribution in [-0.2, 0) is 14.1 Å². The van der Waals surface area contributed by atoms with Gasteiger partial charge in [-0.3, -0.25) is 5.43 Å². The summed E-state index contributed by atoms with van der Waals surface area (Å²) in [5, 5.41) is 15.3. The van der Waals surface area contributed by atoms with Crippen molar-refractivity contribution in [1.29, 1.82) is 0 Å². The van der Waals surface area contributed by atoms with Gasteiger partial charge in [0.1, 0.15) is 25.5 Å². The van der Waals surface area contributed by atoms with E-state index in [1.165, 1.54) is 19.4 Å². The fraction of sp³-hybridized carbons (Fsp3) is 0.174. The predicted molar refractivity (Wildman–Crippen MR) is 129 cm³/mol. The fourth-order valence-electron chi connectivity index (χ4n) is 3.58. The average molecular weight is 485 g/mol. The third-order valence-electron chi connectivity index (χ3n) is 5.37. The number of hydrazone groups is 1. The minimum Gasteiger partial charge on any atom is -0.275 e. The van der Waals surface area contributed by atoms with Crippen LogP contribution in [0.1, 0.15) is 5.69 Å². The minimum absolute atomic E-state index is 0.282. The van der Waals surface area contributed by atoms with E-state index in [-0.39, 0.29) is 11.7 Å². The molecule has 0 atom stereocenters. The maximum Gasteiger partial charge on any atom is 0.539 e. The molecule has 13 heteroatoms. The van der Waals surface area contributed by atoms with Crippen LogP contribution < -0.4 is 15.8 Å². The molecule has 0 aliphatic carbocycles. The molecule has 0 unspecified atom stereocenters. The topological polar surface area (TPSA) is 138 Å². The van der Waals surface area contributed by atoms with Crippen LogP contribution in [0.4, 0.5) is 4.79 Å². The average Bonchev–Trinajstić information content (AvgIpc) is 2.90. The molecule has 4 aromatic heterocycles. The van der Waals surface area contributed by atoms with Gasteiger partial charge in [0, 0.05) is 14.1 Å². The summed E-state index contributed by atoms with van der Waals surface area (Å²) >= 11 is 0. The van der Waals surface area contributed by atoms with Gasteiger partial charge in [0.25, 0.3) is 5.82 Å². The highest BCUT2D eigenvalue weighted by atomic mass is 16.2. The summed E-state index contributed by atoms with van der Waals surface area (Å²) in [5.74, 6) is 0.763. The number of urea groups is 1. The Kier molecular flexibility index (Phi) is 5.64. The number of aromatic nitrogens is 7. The number of hydrazine groups is 1. The Hall–Kier alpha value is -5.07. The van der Waals surface area contributed by atoms with Crippen LogP contribution in [0, 0.1) is 0 Å². The number of carbonyl (C=O) groups is 1. The van der Waals surface area contributed by atoms with E-state index in [1.807, 2.05) is 42.5 Å². The molecule has 0 aromatic carbocycles. The standard InChI is InChI=1S/C23H22N11O2/c1-31-22(35)32(2)28-20(27-31)18-12-6-10-16(25-18)14-8-5-9-15(24-14)17-11-7-13-19(26-17)21-29-33(3)23(36)34(4)30-21/h5-13H,1-4H3,(H,27,28)/q+1. The molecule has 13 nitrogen and oxygen atoms in total. The van der Waals surface area contributed by atoms with Gasteiger partial charge < -0.3 is 0 Å². The van der Waals surface area contributed by atoms with Gasteiger partial charge in [-0.05, 0) is 36.4 Å². The number of aryl methyl sites for hydroxylation is 2. The number of amides is 2. The van der Waals surface area contributed by atoms with Gasteiger partial charge in [0.2, 0.25) is 0 Å². The Bertz CT molecular complexity index is 1550. The second-order valence-corrected chi connectivity index (χ2v) is 8.00. The van der Waals surface area contributed by atoms with Gasteiger partial charge in [-0.25, -0.2) is 29.8 Å². The third-order valence-corrected chi connectivity index (χ3v) is 5.37. The minimum atomic E-state index is -0.335. The Morgan fingerprint density at radius 1 is 0.750 bits per heavy atom. The van der Waals surface area contributed by atoms with Gasteiger partial charge >= 0.3 is 11.7 Å². The molecule has 36 heavy (non-hydrogen) atoms. The quantitative estimate of drug-likeness (QED) is 0.410. The number of hydrogen-bond acceptors (Lipinski definition) is 9. The number of hydrogen-bond donors (Lipinski definition) is 1. The van der Waals surface area contributed by atoms with Crippen LogP contribution in [0.25, 0.3) is 34.3 Å². The smallest absolute Gasteiger partial charge is 0.275 e. The highest BCUT2D eigenvalue weighted by Gasteiger charge is 2.23. The highest BCUT2D eigenvalue weighted by Crippen LogP contribution is 2.22. The van der Waals surface area contributed by atoms with Crippen molar-refractivity contribution in [3.8, 4) is 34.3 Å². The Morgan fingerprint density at radius 3 is 1.81 bits per heavy atom. The first-order valence-electron chi connectivity index (χ1n) is 10.9. The number of nitrogens with one attached hydrogen (secondary N) is 1. The molecule has 1 N–H and O–H groups in total. The zero-order valence-corrected chi connectivity index (χ0v) is 20.0. The molecular weight excluding hydrogens is 462 g/mol. The normalized spacial score (nSPS) is 13.4. The first-order valence-corrected chi connectivity index (χ1v) is 10.9. The Balaban J connectivity index is 1.49. The van der Waals surface area contributed by atoms with E-state index >= 15 is 0 Å². The molecular formula is C23H22N11O2+. The zero-order valence-electron chi connectivity index (χ0n) is 20.0. The Labute approximate surface area is 205 Å². The molecule has 1 aliphatic rings. The fourth-order valence-corrected chi connectivity index (χ4v) is 3.58. The van der Waals surface area contributed by atoms with Crippen molar-refractivity contribution in [1.82, 2.24) is 45.3 Å². The van der Waals surface area contributed by atoms with E-state index < -0.39 is 0 Å². The van der Waals surface area contributed by atoms with Crippen molar-refractivity contribution in [2.75, 3.05) is 14.1 Å². The number of pyridine rings is 3. The second kappa shape index (κ2) is 8.94. The summed E-state index contributed by atoms with van der Waals surface area (Å²) in [6.07, 6.45) is 0. The molecule has 0 fully saturated rings. The van der Waals surface area contributed by atoms with Gasteiger partial charge in [0.15, 0.2) is 5.84 Å². The lowest BCUT2D eigenvalue weighted by Gasteiger charge is -2.29. The lowest BCUT2D eigenvalue weighted by molar-refractivity contribution is -0.749. The van der Waals surface area contributed by atoms with Crippen molar-refractivity contribution in [2.45, 2.75) is 0 Å². The molecule has 4 aromatic rings. The number of rotatable bonds is 4. The second-order valence-electron chi connectivity index (χ2n) is 8.00. The molecule has 180 valence electrons. The van der Waals surface area contributed by atoms with Crippen LogP contribution in [-0.4, -0.2) is 65.8 Å². The van der Waals surface area contributed by atoms with Crippen molar-refractivity contribution >= 4 is 11.9 Å². The molecule has 1 aliphatic heterocycles. The lowest BCUT2D eigenvalue weighted by Crippen LogP contribution is -2.55. The monoisotopic (exact) mass is 484 g/mol. The first kappa shape index (κ1) is 22.7. The third kappa shape index (κ3) is 4.24. The van der Waals surface area contributed by atoms with E-state index in [9.17, 15) is 9.59 Å². The molecule has 5 heterocycles. The van der Waals surface area contributed by atoms with Crippen LogP contribution in [0.2, 0.25) is 0 Å². The van der Waals surface area contributed by atoms with E-state index in [2.05, 4.69) is 25.7 Å².